The lowest BCUT2D eigenvalue weighted by atomic mass is 10.0. The molecule has 2 aromatic rings. The van der Waals surface area contributed by atoms with E-state index in [9.17, 15) is 4.79 Å². The maximum atomic E-state index is 12.2. The summed E-state index contributed by atoms with van der Waals surface area (Å²) < 4.78 is 10.7. The minimum atomic E-state index is 0.0106. The largest absolute Gasteiger partial charge is 0.491 e. The van der Waals surface area contributed by atoms with Crippen LogP contribution in [-0.2, 0) is 4.74 Å². The van der Waals surface area contributed by atoms with Crippen LogP contribution in [-0.4, -0.2) is 25.6 Å². The van der Waals surface area contributed by atoms with Crippen LogP contribution >= 0.6 is 0 Å². The van der Waals surface area contributed by atoms with Gasteiger partial charge >= 0.3 is 0 Å². The second kappa shape index (κ2) is 8.02. The molecule has 0 heterocycles. The average Bonchev–Trinajstić information content (AvgIpc) is 2.55. The van der Waals surface area contributed by atoms with Crippen LogP contribution in [0.15, 0.2) is 67.3 Å². The van der Waals surface area contributed by atoms with Gasteiger partial charge in [0, 0.05) is 11.1 Å². The number of ether oxygens (including phenoxy) is 2. The van der Waals surface area contributed by atoms with Crippen LogP contribution in [0.1, 0.15) is 15.9 Å². The van der Waals surface area contributed by atoms with Crippen molar-refractivity contribution in [3.05, 3.63) is 78.4 Å². The molecule has 2 rings (SSSR count). The van der Waals surface area contributed by atoms with Gasteiger partial charge in [0.25, 0.3) is 0 Å². The Hall–Kier alpha value is -2.39. The Kier molecular flexibility index (Phi) is 5.73. The molecule has 0 fully saturated rings. The maximum absolute atomic E-state index is 12.2. The van der Waals surface area contributed by atoms with E-state index in [0.717, 1.165) is 5.75 Å². The Morgan fingerprint density at radius 3 is 2.29 bits per heavy atom. The summed E-state index contributed by atoms with van der Waals surface area (Å²) in [5.41, 5.74) is 1.33. The predicted octanol–water partition coefficient (Wildman–Crippen LogP) is 3.50. The third-order valence-electron chi connectivity index (χ3n) is 2.88. The zero-order valence-electron chi connectivity index (χ0n) is 11.8. The first-order valence-corrected chi connectivity index (χ1v) is 6.82. The molecule has 0 N–H and O–H groups in total. The van der Waals surface area contributed by atoms with Crippen molar-refractivity contribution in [1.29, 1.82) is 0 Å². The summed E-state index contributed by atoms with van der Waals surface area (Å²) in [6.45, 7) is 5.07. The lowest BCUT2D eigenvalue weighted by Gasteiger charge is -2.07. The van der Waals surface area contributed by atoms with Gasteiger partial charge in [-0.25, -0.2) is 0 Å². The Labute approximate surface area is 124 Å². The Bertz CT molecular complexity index is 573. The molecule has 21 heavy (non-hydrogen) atoms. The number of rotatable bonds is 8. The van der Waals surface area contributed by atoms with Gasteiger partial charge in [-0.1, -0.05) is 36.4 Å². The normalized spacial score (nSPS) is 10.1. The van der Waals surface area contributed by atoms with Gasteiger partial charge in [-0.3, -0.25) is 4.79 Å². The van der Waals surface area contributed by atoms with Gasteiger partial charge in [-0.05, 0) is 24.3 Å². The van der Waals surface area contributed by atoms with Crippen LogP contribution in [0.4, 0.5) is 0 Å². The SMILES string of the molecule is C=CCOCCOc1ccc(C(=O)c2ccccc2)cc1. The molecule has 0 unspecified atom stereocenters. The molecule has 0 saturated carbocycles. The summed E-state index contributed by atoms with van der Waals surface area (Å²) in [6.07, 6.45) is 1.70. The van der Waals surface area contributed by atoms with Crippen LogP contribution < -0.4 is 4.74 Å². The van der Waals surface area contributed by atoms with Crippen LogP contribution in [0.25, 0.3) is 0 Å². The Balaban J connectivity index is 1.90. The molecule has 0 spiro atoms. The second-order valence-corrected chi connectivity index (χ2v) is 4.43. The fraction of sp³-hybridized carbons (Fsp3) is 0.167. The highest BCUT2D eigenvalue weighted by Gasteiger charge is 2.08. The van der Waals surface area contributed by atoms with Crippen molar-refractivity contribution < 1.29 is 14.3 Å². The molecule has 3 nitrogen and oxygen atoms in total. The molecule has 0 aromatic heterocycles. The predicted molar refractivity (Wildman–Crippen MR) is 82.8 cm³/mol. The molecule has 0 aliphatic carbocycles. The Morgan fingerprint density at radius 2 is 1.62 bits per heavy atom. The molecule has 0 amide bonds. The second-order valence-electron chi connectivity index (χ2n) is 4.43. The summed E-state index contributed by atoms with van der Waals surface area (Å²) in [5.74, 6) is 0.735. The topological polar surface area (TPSA) is 35.5 Å². The minimum absolute atomic E-state index is 0.0106. The maximum Gasteiger partial charge on any atom is 0.193 e. The highest BCUT2D eigenvalue weighted by atomic mass is 16.5. The molecule has 108 valence electrons. The van der Waals surface area contributed by atoms with E-state index >= 15 is 0 Å². The Morgan fingerprint density at radius 1 is 0.952 bits per heavy atom. The van der Waals surface area contributed by atoms with E-state index < -0.39 is 0 Å². The molecule has 0 saturated heterocycles. The molecule has 0 aliphatic rings. The van der Waals surface area contributed by atoms with Crippen LogP contribution in [0.3, 0.4) is 0 Å². The van der Waals surface area contributed by atoms with Crippen molar-refractivity contribution in [2.24, 2.45) is 0 Å². The zero-order chi connectivity index (χ0) is 14.9. The summed E-state index contributed by atoms with van der Waals surface area (Å²) in [6, 6.07) is 16.4. The number of hydrogen-bond donors (Lipinski definition) is 0. The molecule has 0 radical (unpaired) electrons. The van der Waals surface area contributed by atoms with Gasteiger partial charge in [-0.2, -0.15) is 0 Å². The minimum Gasteiger partial charge on any atom is -0.491 e. The lowest BCUT2D eigenvalue weighted by Crippen LogP contribution is -2.07. The lowest BCUT2D eigenvalue weighted by molar-refractivity contribution is 0.103. The molecular formula is C18H18O3. The van der Waals surface area contributed by atoms with E-state index in [-0.39, 0.29) is 5.78 Å². The van der Waals surface area contributed by atoms with E-state index in [2.05, 4.69) is 6.58 Å². The zero-order valence-corrected chi connectivity index (χ0v) is 11.8. The molecule has 0 aliphatic heterocycles. The first-order chi connectivity index (χ1) is 10.3. The third-order valence-corrected chi connectivity index (χ3v) is 2.88. The van der Waals surface area contributed by atoms with Crippen LogP contribution in [0, 0.1) is 0 Å². The molecule has 0 bridgehead atoms. The van der Waals surface area contributed by atoms with E-state index in [4.69, 9.17) is 9.47 Å². The number of hydrogen-bond acceptors (Lipinski definition) is 3. The standard InChI is InChI=1S/C18H18O3/c1-2-12-20-13-14-21-17-10-8-16(9-11-17)18(19)15-6-4-3-5-7-15/h2-11H,1,12-14H2. The number of carbonyl (C=O) groups excluding carboxylic acids is 1. The monoisotopic (exact) mass is 282 g/mol. The number of benzene rings is 2. The number of ketones is 1. The number of carbonyl (C=O) groups is 1. The van der Waals surface area contributed by atoms with Crippen molar-refractivity contribution in [2.45, 2.75) is 0 Å². The van der Waals surface area contributed by atoms with Crippen molar-refractivity contribution in [1.82, 2.24) is 0 Å². The van der Waals surface area contributed by atoms with Gasteiger partial charge in [0.15, 0.2) is 5.78 Å². The van der Waals surface area contributed by atoms with Crippen molar-refractivity contribution in [3.63, 3.8) is 0 Å². The van der Waals surface area contributed by atoms with E-state index in [0.29, 0.717) is 30.9 Å². The van der Waals surface area contributed by atoms with Crippen molar-refractivity contribution in [2.75, 3.05) is 19.8 Å². The summed E-state index contributed by atoms with van der Waals surface area (Å²) in [5, 5.41) is 0. The van der Waals surface area contributed by atoms with Crippen LogP contribution in [0.5, 0.6) is 5.75 Å². The highest BCUT2D eigenvalue weighted by Crippen LogP contribution is 2.15. The first kappa shape index (κ1) is 15.0. The fourth-order valence-corrected chi connectivity index (χ4v) is 1.84. The smallest absolute Gasteiger partial charge is 0.193 e. The molecule has 3 heteroatoms. The summed E-state index contributed by atoms with van der Waals surface area (Å²) in [4.78, 5) is 12.2. The van der Waals surface area contributed by atoms with Crippen molar-refractivity contribution >= 4 is 5.78 Å². The van der Waals surface area contributed by atoms with E-state index in [1.54, 1.807) is 30.3 Å². The fourth-order valence-electron chi connectivity index (χ4n) is 1.84. The average molecular weight is 282 g/mol. The first-order valence-electron chi connectivity index (χ1n) is 6.82. The summed E-state index contributed by atoms with van der Waals surface area (Å²) in [7, 11) is 0. The van der Waals surface area contributed by atoms with Gasteiger partial charge < -0.3 is 9.47 Å². The third kappa shape index (κ3) is 4.58. The summed E-state index contributed by atoms with van der Waals surface area (Å²) >= 11 is 0. The highest BCUT2D eigenvalue weighted by molar-refractivity contribution is 6.08. The van der Waals surface area contributed by atoms with Gasteiger partial charge in [0.05, 0.1) is 13.2 Å². The van der Waals surface area contributed by atoms with Gasteiger partial charge in [0.2, 0.25) is 0 Å². The quantitative estimate of drug-likeness (QED) is 0.422. The molecule has 0 atom stereocenters. The van der Waals surface area contributed by atoms with E-state index in [1.165, 1.54) is 0 Å². The van der Waals surface area contributed by atoms with Gasteiger partial charge in [-0.15, -0.1) is 6.58 Å². The van der Waals surface area contributed by atoms with Crippen molar-refractivity contribution in [3.8, 4) is 5.75 Å². The molecular weight excluding hydrogens is 264 g/mol. The molecule has 2 aromatic carbocycles. The van der Waals surface area contributed by atoms with E-state index in [1.807, 2.05) is 30.3 Å². The van der Waals surface area contributed by atoms with Gasteiger partial charge in [0.1, 0.15) is 12.4 Å². The van der Waals surface area contributed by atoms with Crippen LogP contribution in [0.2, 0.25) is 0 Å².